The Hall–Kier alpha value is 1.06. The third kappa shape index (κ3) is 15.7. The molecule has 0 aromatic rings. The smallest absolute Gasteiger partial charge is 1.00 e. The first-order valence-corrected chi connectivity index (χ1v) is 2.31. The Morgan fingerprint density at radius 2 is 2.00 bits per heavy atom. The van der Waals surface area contributed by atoms with E-state index in [1.54, 1.807) is 0 Å². The molecule has 0 N–H and O–H groups in total. The van der Waals surface area contributed by atoms with Crippen molar-refractivity contribution >= 4 is 23.1 Å². The van der Waals surface area contributed by atoms with E-state index in [0.717, 1.165) is 12.8 Å². The van der Waals surface area contributed by atoms with Crippen LogP contribution in [-0.4, -0.2) is 23.1 Å². The van der Waals surface area contributed by atoms with Crippen LogP contribution in [0.3, 0.4) is 0 Å². The van der Waals surface area contributed by atoms with Gasteiger partial charge >= 0.3 is 23.1 Å². The summed E-state index contributed by atoms with van der Waals surface area (Å²) in [4.78, 5) is 0. The molecule has 0 spiro atoms. The van der Waals surface area contributed by atoms with Gasteiger partial charge in [-0.2, -0.15) is 0 Å². The summed E-state index contributed by atoms with van der Waals surface area (Å²) in [5.74, 6) is 2.32. The summed E-state index contributed by atoms with van der Waals surface area (Å²) >= 11 is 0. The average molecular weight is 232 g/mol. The zero-order chi connectivity index (χ0) is 4.83. The molecule has 0 amide bonds. The van der Waals surface area contributed by atoms with Crippen LogP contribution < -0.4 is 24.0 Å². The van der Waals surface area contributed by atoms with Crippen LogP contribution in [0.25, 0.3) is 0 Å². The minimum atomic E-state index is 0. The van der Waals surface area contributed by atoms with Gasteiger partial charge in [0.1, 0.15) is 0 Å². The summed E-state index contributed by atoms with van der Waals surface area (Å²) in [6.45, 7) is 2.11. The molecular formula is C6H9IMg. The van der Waals surface area contributed by atoms with Crippen LogP contribution >= 0.6 is 0 Å². The zero-order valence-corrected chi connectivity index (χ0v) is 8.78. The van der Waals surface area contributed by atoms with E-state index in [9.17, 15) is 0 Å². The number of rotatable bonds is 2. The summed E-state index contributed by atoms with van der Waals surface area (Å²) in [6, 6.07) is 0. The van der Waals surface area contributed by atoms with Gasteiger partial charge in [0, 0.05) is 0 Å². The van der Waals surface area contributed by atoms with Crippen LogP contribution in [0.5, 0.6) is 0 Å². The van der Waals surface area contributed by atoms with E-state index in [1.807, 2.05) is 0 Å². The minimum absolute atomic E-state index is 0. The first-order chi connectivity index (χ1) is 2.91. The standard InChI is InChI=1S/C6H9.HI.Mg/c1-3-5-6-4-2;;/h3,5-6H2,1H3;1H;/q-1;;+2/p-1. The Morgan fingerprint density at radius 3 is 2.12 bits per heavy atom. The van der Waals surface area contributed by atoms with Gasteiger partial charge < -0.3 is 36.3 Å². The van der Waals surface area contributed by atoms with E-state index in [2.05, 4.69) is 12.8 Å². The molecule has 0 fully saturated rings. The fourth-order valence-electron chi connectivity index (χ4n) is 0.265. The second-order valence-electron chi connectivity index (χ2n) is 1.28. The molecule has 0 radical (unpaired) electrons. The summed E-state index contributed by atoms with van der Waals surface area (Å²) in [5.41, 5.74) is 0. The van der Waals surface area contributed by atoms with E-state index < -0.39 is 0 Å². The second kappa shape index (κ2) is 15.7. The molecule has 0 nitrogen and oxygen atoms in total. The average Bonchev–Trinajstić information content (AvgIpc) is 1.61. The van der Waals surface area contributed by atoms with Crippen molar-refractivity contribution in [3.8, 4) is 5.92 Å². The van der Waals surface area contributed by atoms with Gasteiger partial charge in [-0.1, -0.05) is 13.3 Å². The van der Waals surface area contributed by atoms with E-state index >= 15 is 0 Å². The maximum absolute atomic E-state index is 6.46. The van der Waals surface area contributed by atoms with Crippen molar-refractivity contribution in [2.24, 2.45) is 0 Å². The van der Waals surface area contributed by atoms with Crippen LogP contribution in [0, 0.1) is 12.3 Å². The van der Waals surface area contributed by atoms with E-state index in [-0.39, 0.29) is 47.0 Å². The number of unbranched alkanes of at least 4 members (excludes halogenated alkanes) is 2. The maximum Gasteiger partial charge on any atom is 2.00 e. The molecule has 0 aromatic carbocycles. The van der Waals surface area contributed by atoms with E-state index in [1.165, 1.54) is 6.42 Å². The summed E-state index contributed by atoms with van der Waals surface area (Å²) in [6.07, 6.45) is 9.57. The largest absolute Gasteiger partial charge is 2.00 e. The molecule has 2 heteroatoms. The predicted octanol–water partition coefficient (Wildman–Crippen LogP) is -1.61. The molecule has 8 heavy (non-hydrogen) atoms. The summed E-state index contributed by atoms with van der Waals surface area (Å²) < 4.78 is 0. The molecule has 0 saturated heterocycles. The number of halogens is 1. The Bertz CT molecular complexity index is 56.0. The first kappa shape index (κ1) is 16.0. The van der Waals surface area contributed by atoms with Crippen molar-refractivity contribution in [2.45, 2.75) is 26.2 Å². The predicted molar refractivity (Wildman–Crippen MR) is 32.4 cm³/mol. The van der Waals surface area contributed by atoms with Crippen molar-refractivity contribution < 1.29 is 24.0 Å². The van der Waals surface area contributed by atoms with Crippen LogP contribution in [0.2, 0.25) is 0 Å². The summed E-state index contributed by atoms with van der Waals surface area (Å²) in [7, 11) is 0. The molecule has 0 aliphatic carbocycles. The van der Waals surface area contributed by atoms with Crippen molar-refractivity contribution in [1.82, 2.24) is 0 Å². The molecule has 0 aromatic heterocycles. The van der Waals surface area contributed by atoms with Gasteiger partial charge in [-0.05, 0) is 12.8 Å². The van der Waals surface area contributed by atoms with E-state index in [0.29, 0.717) is 0 Å². The first-order valence-electron chi connectivity index (χ1n) is 2.31. The molecule has 0 bridgehead atoms. The van der Waals surface area contributed by atoms with Gasteiger partial charge in [0.05, 0.1) is 0 Å². The molecule has 0 rings (SSSR count). The van der Waals surface area contributed by atoms with Crippen molar-refractivity contribution in [2.75, 3.05) is 0 Å². The van der Waals surface area contributed by atoms with Gasteiger partial charge in [-0.3, -0.25) is 0 Å². The van der Waals surface area contributed by atoms with Gasteiger partial charge in [-0.15, -0.1) is 0 Å². The molecule has 0 heterocycles. The second-order valence-corrected chi connectivity index (χ2v) is 1.28. The molecular weight excluding hydrogens is 223 g/mol. The topological polar surface area (TPSA) is 0 Å². The van der Waals surface area contributed by atoms with Crippen LogP contribution in [0.1, 0.15) is 26.2 Å². The quantitative estimate of drug-likeness (QED) is 0.177. The Labute approximate surface area is 85.0 Å². The number of hydrogen-bond donors (Lipinski definition) is 0. The SMILES string of the molecule is [C-]#CCCCC.[I-].[Mg+2]. The van der Waals surface area contributed by atoms with Gasteiger partial charge in [0.2, 0.25) is 0 Å². The van der Waals surface area contributed by atoms with Crippen LogP contribution in [0.4, 0.5) is 0 Å². The fraction of sp³-hybridized carbons (Fsp3) is 0.667. The monoisotopic (exact) mass is 232 g/mol. The van der Waals surface area contributed by atoms with Gasteiger partial charge in [-0.25, -0.2) is 0 Å². The molecule has 0 atom stereocenters. The molecule has 42 valence electrons. The normalized spacial score (nSPS) is 5.50. The minimum Gasteiger partial charge on any atom is -1.00 e. The number of hydrogen-bond acceptors (Lipinski definition) is 0. The Balaban J connectivity index is -0.000000125. The fourth-order valence-corrected chi connectivity index (χ4v) is 0.265. The van der Waals surface area contributed by atoms with Crippen molar-refractivity contribution in [1.29, 1.82) is 0 Å². The van der Waals surface area contributed by atoms with Crippen molar-refractivity contribution in [3.63, 3.8) is 0 Å². The maximum atomic E-state index is 6.46. The van der Waals surface area contributed by atoms with Crippen LogP contribution in [-0.2, 0) is 0 Å². The molecule has 0 aliphatic heterocycles. The Morgan fingerprint density at radius 1 is 1.50 bits per heavy atom. The van der Waals surface area contributed by atoms with Crippen LogP contribution in [0.15, 0.2) is 0 Å². The van der Waals surface area contributed by atoms with Crippen molar-refractivity contribution in [3.05, 3.63) is 6.42 Å². The van der Waals surface area contributed by atoms with Gasteiger partial charge in [0.15, 0.2) is 0 Å². The van der Waals surface area contributed by atoms with Gasteiger partial charge in [0.25, 0.3) is 0 Å². The molecule has 0 unspecified atom stereocenters. The third-order valence-electron chi connectivity index (χ3n) is 0.655. The zero-order valence-electron chi connectivity index (χ0n) is 5.21. The molecule has 0 saturated carbocycles. The molecule has 0 aliphatic rings. The summed E-state index contributed by atoms with van der Waals surface area (Å²) in [5, 5.41) is 0. The third-order valence-corrected chi connectivity index (χ3v) is 0.655. The van der Waals surface area contributed by atoms with E-state index in [4.69, 9.17) is 6.42 Å². The Kier molecular flexibility index (Phi) is 31.4.